The van der Waals surface area contributed by atoms with Crippen molar-refractivity contribution in [1.29, 1.82) is 0 Å². The Bertz CT molecular complexity index is 156. The van der Waals surface area contributed by atoms with E-state index in [0.29, 0.717) is 0 Å². The summed E-state index contributed by atoms with van der Waals surface area (Å²) < 4.78 is 20.0. The summed E-state index contributed by atoms with van der Waals surface area (Å²) >= 11 is 0. The summed E-state index contributed by atoms with van der Waals surface area (Å²) in [6, 6.07) is 0. The molecule has 0 saturated carbocycles. The fraction of sp³-hybridized carbons (Fsp3) is 1.00. The second-order valence-corrected chi connectivity index (χ2v) is 2.53. The van der Waals surface area contributed by atoms with E-state index in [1.807, 2.05) is 0 Å². The highest BCUT2D eigenvalue weighted by molar-refractivity contribution is 4.79. The van der Waals surface area contributed by atoms with Gasteiger partial charge in [0.1, 0.15) is 6.61 Å². The second-order valence-electron chi connectivity index (χ2n) is 2.53. The molecule has 92 valence electrons. The van der Waals surface area contributed by atoms with Gasteiger partial charge in [-0.05, 0) is 0 Å². The van der Waals surface area contributed by atoms with E-state index in [9.17, 15) is 5.11 Å². The molecule has 0 aliphatic carbocycles. The highest BCUT2D eigenvalue weighted by Crippen LogP contribution is 2.32. The molecule has 1 atom stereocenters. The number of hydrogen-bond acceptors (Lipinski definition) is 7. The van der Waals surface area contributed by atoms with Crippen LogP contribution in [0.25, 0.3) is 0 Å². The number of aliphatic hydroxyl groups excluding tert-OH is 1. The van der Waals surface area contributed by atoms with Crippen molar-refractivity contribution in [3.8, 4) is 0 Å². The van der Waals surface area contributed by atoms with Crippen LogP contribution in [0.4, 0.5) is 0 Å². The summed E-state index contributed by atoms with van der Waals surface area (Å²) in [5, 5.41) is 9.27. The summed E-state index contributed by atoms with van der Waals surface area (Å²) in [7, 11) is 6.50. The van der Waals surface area contributed by atoms with Gasteiger partial charge in [0.05, 0.1) is 7.11 Å². The lowest BCUT2D eigenvalue weighted by Crippen LogP contribution is -2.63. The first-order valence-electron chi connectivity index (χ1n) is 4.15. The molecule has 0 aliphatic rings. The van der Waals surface area contributed by atoms with Gasteiger partial charge in [-0.3, -0.25) is 0 Å². The van der Waals surface area contributed by atoms with Gasteiger partial charge in [0.25, 0.3) is 0 Å². The average molecular weight is 226 g/mol. The zero-order valence-electron chi connectivity index (χ0n) is 9.60. The van der Waals surface area contributed by atoms with E-state index in [4.69, 9.17) is 23.8 Å². The van der Waals surface area contributed by atoms with Crippen molar-refractivity contribution in [3.05, 3.63) is 0 Å². The topological polar surface area (TPSA) is 75.6 Å². The Balaban J connectivity index is 5.13. The molecule has 0 spiro atoms. The van der Waals surface area contributed by atoms with Gasteiger partial charge in [0.2, 0.25) is 0 Å². The van der Waals surface area contributed by atoms with Crippen LogP contribution < -0.4 is 0 Å². The molecule has 15 heavy (non-hydrogen) atoms. The van der Waals surface area contributed by atoms with Crippen molar-refractivity contribution >= 4 is 0 Å². The minimum atomic E-state index is -1.74. The molecule has 0 heterocycles. The number of ether oxygens (including phenoxy) is 4. The third kappa shape index (κ3) is 2.45. The molecule has 0 amide bonds. The predicted octanol–water partition coefficient (Wildman–Crippen LogP) is -0.508. The van der Waals surface area contributed by atoms with Crippen molar-refractivity contribution in [3.63, 3.8) is 0 Å². The predicted molar refractivity (Wildman–Crippen MR) is 48.7 cm³/mol. The van der Waals surface area contributed by atoms with Crippen molar-refractivity contribution < 1.29 is 33.8 Å². The van der Waals surface area contributed by atoms with Crippen molar-refractivity contribution in [2.75, 3.05) is 42.2 Å². The first-order valence-corrected chi connectivity index (χ1v) is 4.15. The largest absolute Gasteiger partial charge is 0.390 e. The summed E-state index contributed by atoms with van der Waals surface area (Å²) in [5.41, 5.74) is 0. The maximum absolute atomic E-state index is 9.27. The molecular formula is C8H18O7. The normalized spacial score (nSPS) is 16.4. The summed E-state index contributed by atoms with van der Waals surface area (Å²) in [4.78, 5) is 9.29. The Labute approximate surface area is 88.7 Å². The summed E-state index contributed by atoms with van der Waals surface area (Å²) in [5.74, 6) is -3.47. The van der Waals surface area contributed by atoms with Crippen LogP contribution in [0.3, 0.4) is 0 Å². The second kappa shape index (κ2) is 6.33. The van der Waals surface area contributed by atoms with E-state index in [0.717, 1.165) is 0 Å². The minimum Gasteiger partial charge on any atom is -0.390 e. The number of aliphatic hydroxyl groups is 1. The van der Waals surface area contributed by atoms with Crippen LogP contribution in [0.15, 0.2) is 0 Å². The zero-order valence-corrected chi connectivity index (χ0v) is 9.60. The van der Waals surface area contributed by atoms with Crippen LogP contribution in [0.1, 0.15) is 0 Å². The first kappa shape index (κ1) is 14.7. The van der Waals surface area contributed by atoms with Crippen molar-refractivity contribution in [2.45, 2.75) is 11.8 Å². The third-order valence-electron chi connectivity index (χ3n) is 2.03. The SMILES string of the molecule is COOC(CO)(OC)C(OC)(OC)OC. The molecule has 0 aromatic carbocycles. The molecule has 1 unspecified atom stereocenters. The van der Waals surface area contributed by atoms with Crippen molar-refractivity contribution in [2.24, 2.45) is 0 Å². The summed E-state index contributed by atoms with van der Waals surface area (Å²) in [6.45, 7) is -0.590. The Morgan fingerprint density at radius 3 is 1.53 bits per heavy atom. The van der Waals surface area contributed by atoms with Gasteiger partial charge in [0, 0.05) is 28.4 Å². The Hall–Kier alpha value is -0.280. The Morgan fingerprint density at radius 1 is 0.867 bits per heavy atom. The van der Waals surface area contributed by atoms with Gasteiger partial charge < -0.3 is 24.1 Å². The van der Waals surface area contributed by atoms with Gasteiger partial charge in [-0.2, -0.15) is 4.89 Å². The van der Waals surface area contributed by atoms with Crippen LogP contribution in [-0.4, -0.2) is 59.0 Å². The molecule has 0 saturated heterocycles. The molecule has 7 nitrogen and oxygen atoms in total. The van der Waals surface area contributed by atoms with Crippen LogP contribution in [0.5, 0.6) is 0 Å². The standard InChI is InChI=1S/C8H18O7/c1-10-7(6-9,15-14-5)8(11-2,12-3)13-4/h9H,6H2,1-5H3. The fourth-order valence-corrected chi connectivity index (χ4v) is 1.25. The van der Waals surface area contributed by atoms with E-state index in [2.05, 4.69) is 4.89 Å². The number of methoxy groups -OCH3 is 4. The monoisotopic (exact) mass is 226 g/mol. The molecule has 0 bridgehead atoms. The van der Waals surface area contributed by atoms with E-state index >= 15 is 0 Å². The summed E-state index contributed by atoms with van der Waals surface area (Å²) in [6.07, 6.45) is 0. The minimum absolute atomic E-state index is 0.590. The lowest BCUT2D eigenvalue weighted by molar-refractivity contribution is -0.543. The fourth-order valence-electron chi connectivity index (χ4n) is 1.25. The molecular weight excluding hydrogens is 208 g/mol. The lowest BCUT2D eigenvalue weighted by atomic mass is 10.2. The first-order chi connectivity index (χ1) is 7.11. The maximum atomic E-state index is 9.27. The van der Waals surface area contributed by atoms with Crippen LogP contribution in [-0.2, 0) is 28.7 Å². The molecule has 0 aromatic rings. The molecule has 7 heteroatoms. The Morgan fingerprint density at radius 2 is 1.33 bits per heavy atom. The quantitative estimate of drug-likeness (QED) is 0.339. The highest BCUT2D eigenvalue weighted by atomic mass is 17.2. The molecule has 0 aliphatic heterocycles. The van der Waals surface area contributed by atoms with Gasteiger partial charge in [-0.1, -0.05) is 0 Å². The highest BCUT2D eigenvalue weighted by Gasteiger charge is 2.58. The molecule has 1 N–H and O–H groups in total. The van der Waals surface area contributed by atoms with E-state index in [-0.39, 0.29) is 0 Å². The zero-order chi connectivity index (χ0) is 11.9. The van der Waals surface area contributed by atoms with E-state index in [1.54, 1.807) is 0 Å². The van der Waals surface area contributed by atoms with Crippen LogP contribution >= 0.6 is 0 Å². The van der Waals surface area contributed by atoms with Gasteiger partial charge >= 0.3 is 11.8 Å². The van der Waals surface area contributed by atoms with Crippen LogP contribution in [0.2, 0.25) is 0 Å². The number of hydrogen-bond donors (Lipinski definition) is 1. The molecule has 0 rings (SSSR count). The smallest absolute Gasteiger partial charge is 0.345 e. The molecule has 0 aromatic heterocycles. The molecule has 0 fully saturated rings. The number of rotatable bonds is 8. The lowest BCUT2D eigenvalue weighted by Gasteiger charge is -2.41. The van der Waals surface area contributed by atoms with Gasteiger partial charge in [-0.25, -0.2) is 4.89 Å². The van der Waals surface area contributed by atoms with Gasteiger partial charge in [-0.15, -0.1) is 0 Å². The molecule has 0 radical (unpaired) electrons. The Kier molecular flexibility index (Phi) is 6.22. The van der Waals surface area contributed by atoms with Crippen LogP contribution in [0, 0.1) is 0 Å². The third-order valence-corrected chi connectivity index (χ3v) is 2.03. The van der Waals surface area contributed by atoms with Gasteiger partial charge in [0.15, 0.2) is 0 Å². The van der Waals surface area contributed by atoms with E-state index < -0.39 is 18.4 Å². The maximum Gasteiger partial charge on any atom is 0.345 e. The average Bonchev–Trinajstić information content (AvgIpc) is 2.30. The van der Waals surface area contributed by atoms with E-state index in [1.165, 1.54) is 35.5 Å². The van der Waals surface area contributed by atoms with Crippen molar-refractivity contribution in [1.82, 2.24) is 0 Å².